The molecule has 0 aliphatic carbocycles. The summed E-state index contributed by atoms with van der Waals surface area (Å²) >= 11 is 0. The van der Waals surface area contributed by atoms with Gasteiger partial charge in [0.1, 0.15) is 12.8 Å². The summed E-state index contributed by atoms with van der Waals surface area (Å²) in [5.41, 5.74) is 5.41. The Labute approximate surface area is 93.6 Å². The average molecular weight is 225 g/mol. The smallest absolute Gasteiger partial charge is 0.287 e. The third-order valence-corrected chi connectivity index (χ3v) is 2.29. The molecule has 2 N–H and O–H groups in total. The maximum absolute atomic E-state index is 10.4. The summed E-state index contributed by atoms with van der Waals surface area (Å²) in [4.78, 5) is 13.7. The Morgan fingerprint density at radius 3 is 2.75 bits per heavy atom. The van der Waals surface area contributed by atoms with Crippen molar-refractivity contribution < 1.29 is 9.66 Å². The monoisotopic (exact) mass is 225 g/mol. The van der Waals surface area contributed by atoms with E-state index in [2.05, 4.69) is 4.98 Å². The number of nitrogens with zero attached hydrogens (tertiary/aromatic N) is 2. The molecule has 0 radical (unpaired) electrons. The van der Waals surface area contributed by atoms with Gasteiger partial charge >= 0.3 is 0 Å². The fourth-order valence-corrected chi connectivity index (χ4v) is 0.907. The first-order chi connectivity index (χ1) is 7.44. The normalized spacial score (nSPS) is 14.2. The van der Waals surface area contributed by atoms with E-state index in [1.165, 1.54) is 12.1 Å². The molecule has 0 aromatic carbocycles. The standard InChI is InChI=1S/C10H15N3O3/c1-3-10(2,11)7-16-9-5-4-8(6-12-9)13(14)15/h4-6H,3,7,11H2,1-2H3. The molecule has 0 saturated heterocycles. The molecule has 0 saturated carbocycles. The number of hydrogen-bond acceptors (Lipinski definition) is 5. The maximum atomic E-state index is 10.4. The van der Waals surface area contributed by atoms with Crippen LogP contribution in [0.1, 0.15) is 20.3 Å². The van der Waals surface area contributed by atoms with Gasteiger partial charge in [0.25, 0.3) is 5.69 Å². The Morgan fingerprint density at radius 1 is 1.62 bits per heavy atom. The molecular formula is C10H15N3O3. The summed E-state index contributed by atoms with van der Waals surface area (Å²) in [5, 5.41) is 10.4. The second-order valence-corrected chi connectivity index (χ2v) is 3.91. The van der Waals surface area contributed by atoms with Gasteiger partial charge in [0, 0.05) is 17.7 Å². The lowest BCUT2D eigenvalue weighted by molar-refractivity contribution is -0.385. The number of rotatable bonds is 5. The van der Waals surface area contributed by atoms with Gasteiger partial charge in [-0.05, 0) is 13.3 Å². The van der Waals surface area contributed by atoms with Gasteiger partial charge in [-0.2, -0.15) is 0 Å². The molecule has 1 aromatic rings. The first-order valence-corrected chi connectivity index (χ1v) is 4.97. The van der Waals surface area contributed by atoms with E-state index in [9.17, 15) is 10.1 Å². The molecule has 0 aliphatic rings. The van der Waals surface area contributed by atoms with E-state index in [0.29, 0.717) is 12.5 Å². The van der Waals surface area contributed by atoms with Crippen molar-refractivity contribution in [2.45, 2.75) is 25.8 Å². The zero-order chi connectivity index (χ0) is 12.2. The third kappa shape index (κ3) is 3.47. The Morgan fingerprint density at radius 2 is 2.31 bits per heavy atom. The zero-order valence-electron chi connectivity index (χ0n) is 9.34. The van der Waals surface area contributed by atoms with E-state index in [-0.39, 0.29) is 5.69 Å². The summed E-state index contributed by atoms with van der Waals surface area (Å²) in [6.07, 6.45) is 1.94. The highest BCUT2D eigenvalue weighted by atomic mass is 16.6. The van der Waals surface area contributed by atoms with Crippen molar-refractivity contribution in [3.8, 4) is 5.88 Å². The Hall–Kier alpha value is -1.69. The Bertz CT molecular complexity index is 362. The van der Waals surface area contributed by atoms with Crippen LogP contribution in [0.4, 0.5) is 5.69 Å². The van der Waals surface area contributed by atoms with Gasteiger partial charge < -0.3 is 10.5 Å². The van der Waals surface area contributed by atoms with Crippen molar-refractivity contribution in [1.82, 2.24) is 4.98 Å². The highest BCUT2D eigenvalue weighted by Gasteiger charge is 2.17. The molecule has 1 rings (SSSR count). The van der Waals surface area contributed by atoms with Crippen LogP contribution in [-0.2, 0) is 0 Å². The molecule has 6 nitrogen and oxygen atoms in total. The Balaban J connectivity index is 2.59. The molecule has 0 bridgehead atoms. The number of ether oxygens (including phenoxy) is 1. The fourth-order valence-electron chi connectivity index (χ4n) is 0.907. The molecule has 1 aromatic heterocycles. The number of pyridine rings is 1. The van der Waals surface area contributed by atoms with E-state index in [1.54, 1.807) is 0 Å². The molecular weight excluding hydrogens is 210 g/mol. The molecule has 0 fully saturated rings. The van der Waals surface area contributed by atoms with Crippen LogP contribution >= 0.6 is 0 Å². The van der Waals surface area contributed by atoms with E-state index < -0.39 is 10.5 Å². The van der Waals surface area contributed by atoms with E-state index in [1.807, 2.05) is 13.8 Å². The molecule has 1 unspecified atom stereocenters. The fraction of sp³-hybridized carbons (Fsp3) is 0.500. The van der Waals surface area contributed by atoms with E-state index in [4.69, 9.17) is 10.5 Å². The average Bonchev–Trinajstić information content (AvgIpc) is 2.27. The molecule has 0 aliphatic heterocycles. The Kier molecular flexibility index (Phi) is 3.78. The van der Waals surface area contributed by atoms with Gasteiger partial charge in [0.15, 0.2) is 0 Å². The maximum Gasteiger partial charge on any atom is 0.287 e. The summed E-state index contributed by atoms with van der Waals surface area (Å²) < 4.78 is 5.34. The molecule has 88 valence electrons. The highest BCUT2D eigenvalue weighted by Crippen LogP contribution is 2.15. The SMILES string of the molecule is CCC(C)(N)COc1ccc([N+](=O)[O-])cn1. The molecule has 16 heavy (non-hydrogen) atoms. The highest BCUT2D eigenvalue weighted by molar-refractivity contribution is 5.28. The van der Waals surface area contributed by atoms with Crippen LogP contribution in [0, 0.1) is 10.1 Å². The summed E-state index contributed by atoms with van der Waals surface area (Å²) in [5.74, 6) is 0.343. The molecule has 0 spiro atoms. The molecule has 6 heteroatoms. The summed E-state index contributed by atoms with van der Waals surface area (Å²) in [7, 11) is 0. The van der Waals surface area contributed by atoms with Crippen LogP contribution in [0.15, 0.2) is 18.3 Å². The molecule has 1 atom stereocenters. The molecule has 1 heterocycles. The first-order valence-electron chi connectivity index (χ1n) is 4.97. The second kappa shape index (κ2) is 4.89. The van der Waals surface area contributed by atoms with Crippen LogP contribution in [0.25, 0.3) is 0 Å². The van der Waals surface area contributed by atoms with Crippen LogP contribution in [0.3, 0.4) is 0 Å². The van der Waals surface area contributed by atoms with Crippen molar-refractivity contribution in [2.75, 3.05) is 6.61 Å². The van der Waals surface area contributed by atoms with Crippen molar-refractivity contribution in [3.05, 3.63) is 28.4 Å². The lowest BCUT2D eigenvalue weighted by Gasteiger charge is -2.22. The van der Waals surface area contributed by atoms with Crippen LogP contribution in [0.5, 0.6) is 5.88 Å². The number of nitrogens with two attached hydrogens (primary N) is 1. The van der Waals surface area contributed by atoms with Crippen LogP contribution in [0.2, 0.25) is 0 Å². The van der Waals surface area contributed by atoms with Crippen molar-refractivity contribution in [3.63, 3.8) is 0 Å². The minimum atomic E-state index is -0.504. The van der Waals surface area contributed by atoms with Gasteiger partial charge in [0.05, 0.1) is 4.92 Å². The first kappa shape index (κ1) is 12.4. The predicted octanol–water partition coefficient (Wildman–Crippen LogP) is 1.50. The minimum Gasteiger partial charge on any atom is -0.476 e. The van der Waals surface area contributed by atoms with Gasteiger partial charge in [-0.25, -0.2) is 4.98 Å². The van der Waals surface area contributed by atoms with E-state index >= 15 is 0 Å². The zero-order valence-corrected chi connectivity index (χ0v) is 9.34. The van der Waals surface area contributed by atoms with Gasteiger partial charge in [-0.15, -0.1) is 0 Å². The number of aromatic nitrogens is 1. The minimum absolute atomic E-state index is 0.0571. The lowest BCUT2D eigenvalue weighted by Crippen LogP contribution is -2.41. The summed E-state index contributed by atoms with van der Waals surface area (Å²) in [6.45, 7) is 4.17. The largest absolute Gasteiger partial charge is 0.476 e. The van der Waals surface area contributed by atoms with E-state index in [0.717, 1.165) is 12.6 Å². The topological polar surface area (TPSA) is 91.3 Å². The van der Waals surface area contributed by atoms with Gasteiger partial charge in [-0.3, -0.25) is 10.1 Å². The van der Waals surface area contributed by atoms with Crippen molar-refractivity contribution in [2.24, 2.45) is 5.73 Å². The van der Waals surface area contributed by atoms with Crippen LogP contribution < -0.4 is 10.5 Å². The number of hydrogen-bond donors (Lipinski definition) is 1. The van der Waals surface area contributed by atoms with Gasteiger partial charge in [-0.1, -0.05) is 6.92 Å². The number of nitro groups is 1. The quantitative estimate of drug-likeness (QED) is 0.605. The lowest BCUT2D eigenvalue weighted by atomic mass is 10.0. The summed E-state index contributed by atoms with van der Waals surface area (Å²) in [6, 6.07) is 2.81. The van der Waals surface area contributed by atoms with Crippen LogP contribution in [-0.4, -0.2) is 22.1 Å². The van der Waals surface area contributed by atoms with Gasteiger partial charge in [0.2, 0.25) is 5.88 Å². The predicted molar refractivity (Wildman–Crippen MR) is 59.3 cm³/mol. The third-order valence-electron chi connectivity index (χ3n) is 2.29. The van der Waals surface area contributed by atoms with Crippen molar-refractivity contribution >= 4 is 5.69 Å². The van der Waals surface area contributed by atoms with Crippen molar-refractivity contribution in [1.29, 1.82) is 0 Å². The second-order valence-electron chi connectivity index (χ2n) is 3.91. The molecule has 0 amide bonds.